The summed E-state index contributed by atoms with van der Waals surface area (Å²) in [5.74, 6) is -2.90. The molecule has 1 rings (SSSR count). The molecule has 104 heavy (non-hydrogen) atoms. The minimum atomic E-state index is -1.54. The van der Waals surface area contributed by atoms with Gasteiger partial charge in [-0.25, -0.2) is 4.79 Å². The predicted octanol–water partition coefficient (Wildman–Crippen LogP) is 30.5. The molecule has 1 saturated heterocycles. The average molecular weight is 1470 g/mol. The monoisotopic (exact) mass is 1470 g/mol. The highest BCUT2D eigenvalue weighted by molar-refractivity contribution is 5.83. The SMILES string of the molecule is [2H]CCCCCCCCCCCCCCCCCCCCCC(=O)OC[C@@H](OC(=O)CCCCCCCCCCCCCCCCCCCCC[2H])[C@H]1OC(=O)[C@H](OC(=O)CCCCCCCCCCCCCCCCCCCCC[2H])[C@H]1OC(=O)CCCCCCCCCCCCCCCCCCCCC[2H]. The van der Waals surface area contributed by atoms with E-state index in [9.17, 15) is 24.0 Å². The van der Waals surface area contributed by atoms with Gasteiger partial charge in [-0.3, -0.25) is 19.2 Å². The van der Waals surface area contributed by atoms with E-state index in [0.29, 0.717) is 53.3 Å². The molecule has 0 spiro atoms. The molecule has 0 amide bonds. The van der Waals surface area contributed by atoms with Gasteiger partial charge in [0.1, 0.15) is 6.61 Å². The number of hydrogen-bond acceptors (Lipinski definition) is 10. The molecule has 1 aliphatic rings. The van der Waals surface area contributed by atoms with Crippen LogP contribution >= 0.6 is 0 Å². The topological polar surface area (TPSA) is 132 Å². The van der Waals surface area contributed by atoms with Crippen LogP contribution in [0.5, 0.6) is 0 Å². The second-order valence-electron chi connectivity index (χ2n) is 32.3. The van der Waals surface area contributed by atoms with Crippen molar-refractivity contribution in [1.29, 1.82) is 0 Å². The van der Waals surface area contributed by atoms with Crippen molar-refractivity contribution in [2.45, 2.75) is 566 Å². The van der Waals surface area contributed by atoms with E-state index < -0.39 is 54.3 Å². The Hall–Kier alpha value is -2.65. The number of carbonyl (C=O) groups excluding carboxylic acids is 5. The largest absolute Gasteiger partial charge is 0.462 e. The lowest BCUT2D eigenvalue weighted by atomic mass is 10.0. The van der Waals surface area contributed by atoms with Gasteiger partial charge in [0.15, 0.2) is 18.3 Å². The molecule has 0 aromatic heterocycles. The van der Waals surface area contributed by atoms with Crippen LogP contribution in [0.1, 0.15) is 547 Å². The molecule has 4 atom stereocenters. The zero-order valence-electron chi connectivity index (χ0n) is 73.0. The van der Waals surface area contributed by atoms with Crippen LogP contribution in [0.15, 0.2) is 0 Å². The highest BCUT2D eigenvalue weighted by Gasteiger charge is 2.54. The summed E-state index contributed by atoms with van der Waals surface area (Å²) in [5.41, 5.74) is 0. The van der Waals surface area contributed by atoms with Crippen LogP contribution in [-0.4, -0.2) is 60.9 Å². The van der Waals surface area contributed by atoms with Crippen LogP contribution in [0, 0.1) is 0 Å². The van der Waals surface area contributed by atoms with Crippen LogP contribution in [0.25, 0.3) is 0 Å². The molecule has 0 aromatic rings. The third-order valence-electron chi connectivity index (χ3n) is 22.2. The molecular weight excluding hydrogens is 1290 g/mol. The van der Waals surface area contributed by atoms with Gasteiger partial charge in [0.05, 0.1) is 0 Å². The fourth-order valence-corrected chi connectivity index (χ4v) is 15.3. The number of hydrogen-bond donors (Lipinski definition) is 0. The van der Waals surface area contributed by atoms with E-state index in [1.807, 2.05) is 0 Å². The standard InChI is InChI=1S/C94H178O10/c1-5-9-13-17-21-25-29-33-37-41-45-49-53-57-61-65-69-73-77-81-87(95)100-85-86(101-88(96)82-78-74-70-66-62-58-54-50-46-42-38-34-30-26-22-18-14-10-6-2)91-92(102-89(97)83-79-75-71-67-63-59-55-51-47-43-39-35-31-27-23-19-15-11-7-3)93(94(99)104-91)103-90(98)84-80-76-72-68-64-60-56-52-48-44-40-36-32-28-24-20-16-12-8-4/h86,91-93H,5-85H2,1-4H3/t86-,91-,92+,93-/m1/s1/i1D,2D,3D,4D. The van der Waals surface area contributed by atoms with Gasteiger partial charge in [0, 0.05) is 31.2 Å². The maximum absolute atomic E-state index is 14.0. The highest BCUT2D eigenvalue weighted by atomic mass is 16.7. The third-order valence-corrected chi connectivity index (χ3v) is 22.2. The first kappa shape index (κ1) is 92.0. The van der Waals surface area contributed by atoms with Gasteiger partial charge >= 0.3 is 29.8 Å². The molecule has 0 N–H and O–H groups in total. The van der Waals surface area contributed by atoms with Crippen molar-refractivity contribution in [2.24, 2.45) is 0 Å². The lowest BCUT2D eigenvalue weighted by Gasteiger charge is -2.27. The van der Waals surface area contributed by atoms with E-state index in [1.54, 1.807) is 0 Å². The first-order chi connectivity index (χ1) is 53.3. The minimum Gasteiger partial charge on any atom is -0.462 e. The molecule has 0 saturated carbocycles. The van der Waals surface area contributed by atoms with E-state index in [2.05, 4.69) is 0 Å². The molecule has 0 radical (unpaired) electrons. The van der Waals surface area contributed by atoms with E-state index >= 15 is 0 Å². The molecule has 0 bridgehead atoms. The molecular formula is C94H178O10. The Morgan fingerprint density at radius 1 is 0.269 bits per heavy atom. The number of rotatable bonds is 86. The summed E-state index contributed by atoms with van der Waals surface area (Å²) < 4.78 is 59.2. The van der Waals surface area contributed by atoms with E-state index in [0.717, 1.165) is 103 Å². The Morgan fingerprint density at radius 2 is 0.462 bits per heavy atom. The van der Waals surface area contributed by atoms with E-state index in [1.165, 1.54) is 360 Å². The highest BCUT2D eigenvalue weighted by Crippen LogP contribution is 2.30. The number of ether oxygens (including phenoxy) is 5. The van der Waals surface area contributed by atoms with Crippen molar-refractivity contribution in [3.05, 3.63) is 0 Å². The first-order valence-electron chi connectivity index (χ1n) is 49.2. The number of unbranched alkanes of at least 4 members (excludes halogenated alkanes) is 72. The smallest absolute Gasteiger partial charge is 0.352 e. The van der Waals surface area contributed by atoms with Gasteiger partial charge in [-0.15, -0.1) is 0 Å². The summed E-state index contributed by atoms with van der Waals surface area (Å²) in [4.78, 5) is 68.8. The number of carbonyl (C=O) groups is 5. The second kappa shape index (κ2) is 81.3. The summed E-state index contributed by atoms with van der Waals surface area (Å²) in [6.07, 6.45) is 86.8. The van der Waals surface area contributed by atoms with Crippen molar-refractivity contribution < 1.29 is 53.1 Å². The van der Waals surface area contributed by atoms with Crippen LogP contribution in [-0.2, 0) is 47.7 Å². The van der Waals surface area contributed by atoms with Gasteiger partial charge in [-0.05, 0) is 25.7 Å². The van der Waals surface area contributed by atoms with Crippen molar-refractivity contribution >= 4 is 29.8 Å². The molecule has 1 fully saturated rings. The van der Waals surface area contributed by atoms with Crippen molar-refractivity contribution in [3.8, 4) is 0 Å². The second-order valence-corrected chi connectivity index (χ2v) is 32.3. The normalized spacial score (nSPS) is 15.2. The molecule has 1 aliphatic heterocycles. The van der Waals surface area contributed by atoms with E-state index in [-0.39, 0.29) is 32.3 Å². The van der Waals surface area contributed by atoms with Crippen LogP contribution < -0.4 is 0 Å². The zero-order chi connectivity index (χ0) is 77.8. The van der Waals surface area contributed by atoms with Gasteiger partial charge in [-0.2, -0.15) is 0 Å². The average Bonchev–Trinajstić information content (AvgIpc) is 1.66. The molecule has 10 nitrogen and oxygen atoms in total. The van der Waals surface area contributed by atoms with Crippen LogP contribution in [0.3, 0.4) is 0 Å². The first-order valence-corrected chi connectivity index (χ1v) is 46.4. The Balaban J connectivity index is 2.85. The molecule has 0 aromatic carbocycles. The Morgan fingerprint density at radius 3 is 0.692 bits per heavy atom. The third kappa shape index (κ3) is 68.6. The lowest BCUT2D eigenvalue weighted by Crippen LogP contribution is -2.47. The van der Waals surface area contributed by atoms with E-state index in [4.69, 9.17) is 29.2 Å². The van der Waals surface area contributed by atoms with Gasteiger partial charge in [0.2, 0.25) is 6.10 Å². The molecule has 0 aliphatic carbocycles. The fraction of sp³-hybridized carbons (Fsp3) is 0.947. The van der Waals surface area contributed by atoms with Crippen LogP contribution in [0.4, 0.5) is 0 Å². The van der Waals surface area contributed by atoms with Crippen molar-refractivity contribution in [1.82, 2.24) is 0 Å². The molecule has 10 heteroatoms. The minimum absolute atomic E-state index is 0.112. The zero-order valence-corrected chi connectivity index (χ0v) is 69.0. The Kier molecular flexibility index (Phi) is 71.9. The van der Waals surface area contributed by atoms with Crippen molar-refractivity contribution in [3.63, 3.8) is 0 Å². The van der Waals surface area contributed by atoms with Gasteiger partial charge < -0.3 is 23.7 Å². The summed E-state index contributed by atoms with van der Waals surface area (Å²) in [7, 11) is 0. The summed E-state index contributed by atoms with van der Waals surface area (Å²) in [6, 6.07) is 0. The maximum Gasteiger partial charge on any atom is 0.352 e. The number of cyclic esters (lactones) is 1. The quantitative estimate of drug-likeness (QED) is 0.0329. The fourth-order valence-electron chi connectivity index (χ4n) is 15.3. The maximum atomic E-state index is 14.0. The summed E-state index contributed by atoms with van der Waals surface area (Å²) >= 11 is 0. The molecule has 614 valence electrons. The predicted molar refractivity (Wildman–Crippen MR) is 443 cm³/mol. The summed E-state index contributed by atoms with van der Waals surface area (Å²) in [5, 5.41) is 0. The molecule has 1 heterocycles. The molecule has 0 unspecified atom stereocenters. The Labute approximate surface area is 652 Å². The van der Waals surface area contributed by atoms with Crippen LogP contribution in [0.2, 0.25) is 0 Å². The van der Waals surface area contributed by atoms with Gasteiger partial charge in [0.25, 0.3) is 0 Å². The van der Waals surface area contributed by atoms with Crippen molar-refractivity contribution in [2.75, 3.05) is 6.61 Å². The Bertz CT molecular complexity index is 1910. The van der Waals surface area contributed by atoms with Gasteiger partial charge in [-0.1, -0.05) is 490 Å². The summed E-state index contributed by atoms with van der Waals surface area (Å²) in [6.45, 7) is 1.89. The lowest BCUT2D eigenvalue weighted by molar-refractivity contribution is -0.180. The number of esters is 5.